The van der Waals surface area contributed by atoms with Crippen LogP contribution in [0.4, 0.5) is 0 Å². The first-order chi connectivity index (χ1) is 12.1. The van der Waals surface area contributed by atoms with Gasteiger partial charge in [0.2, 0.25) is 11.8 Å². The average Bonchev–Trinajstić information content (AvgIpc) is 3.21. The van der Waals surface area contributed by atoms with Crippen LogP contribution in [0.3, 0.4) is 0 Å². The van der Waals surface area contributed by atoms with Crippen LogP contribution < -0.4 is 0 Å². The zero-order chi connectivity index (χ0) is 18.0. The summed E-state index contributed by atoms with van der Waals surface area (Å²) in [7, 11) is 0. The molecule has 0 saturated carbocycles. The molecule has 0 N–H and O–H groups in total. The van der Waals surface area contributed by atoms with Crippen LogP contribution >= 0.6 is 0 Å². The van der Waals surface area contributed by atoms with Gasteiger partial charge in [-0.1, -0.05) is 12.1 Å². The number of nitrogens with zero attached hydrogens (tertiary/aromatic N) is 4. The number of carbonyl (C=O) groups is 2. The molecule has 6 heteroatoms. The number of aromatic nitrogens is 2. The molecule has 2 heterocycles. The number of carbonyl (C=O) groups excluding carboxylic acids is 2. The molecule has 1 aliphatic heterocycles. The quantitative estimate of drug-likeness (QED) is 0.839. The highest BCUT2D eigenvalue weighted by Crippen LogP contribution is 2.33. The normalized spacial score (nSPS) is 17.2. The molecule has 134 valence electrons. The molecule has 1 atom stereocenters. The van der Waals surface area contributed by atoms with Crippen molar-refractivity contribution < 1.29 is 9.59 Å². The molecule has 6 nitrogen and oxygen atoms in total. The number of rotatable bonds is 5. The van der Waals surface area contributed by atoms with Crippen molar-refractivity contribution in [1.29, 1.82) is 0 Å². The second-order valence-corrected chi connectivity index (χ2v) is 6.48. The molecular formula is C19H26N4O2. The minimum Gasteiger partial charge on any atom is -0.342 e. The van der Waals surface area contributed by atoms with Crippen molar-refractivity contribution in [2.45, 2.75) is 46.2 Å². The van der Waals surface area contributed by atoms with Crippen LogP contribution in [-0.4, -0.2) is 50.8 Å². The Balaban J connectivity index is 2.03. The summed E-state index contributed by atoms with van der Waals surface area (Å²) in [5, 5.41) is 0. The zero-order valence-corrected chi connectivity index (χ0v) is 15.2. The molecule has 0 aliphatic carbocycles. The Morgan fingerprint density at radius 3 is 2.64 bits per heavy atom. The highest BCUT2D eigenvalue weighted by Gasteiger charge is 2.32. The standard InChI is InChI=1S/C19H26N4O2/c1-4-21(5-2)18(25)13-23-16-10-7-6-9-15(16)20-19(23)17-11-8-12-22(17)14(3)24/h6-7,9-10,17H,4-5,8,11-13H2,1-3H3/t17-/m1/s1. The SMILES string of the molecule is CCN(CC)C(=O)Cn1c([C@H]2CCCN2C(C)=O)nc2ccccc21. The zero-order valence-electron chi connectivity index (χ0n) is 15.2. The summed E-state index contributed by atoms with van der Waals surface area (Å²) in [6, 6.07) is 7.82. The van der Waals surface area contributed by atoms with E-state index in [1.165, 1.54) is 0 Å². The van der Waals surface area contributed by atoms with E-state index in [0.717, 1.165) is 36.2 Å². The fourth-order valence-corrected chi connectivity index (χ4v) is 3.74. The van der Waals surface area contributed by atoms with Crippen molar-refractivity contribution in [3.05, 3.63) is 30.1 Å². The number of imidazole rings is 1. The van der Waals surface area contributed by atoms with Gasteiger partial charge in [-0.15, -0.1) is 0 Å². The fourth-order valence-electron chi connectivity index (χ4n) is 3.74. The maximum atomic E-state index is 12.7. The number of para-hydroxylation sites is 2. The van der Waals surface area contributed by atoms with Crippen molar-refractivity contribution in [2.24, 2.45) is 0 Å². The van der Waals surface area contributed by atoms with Crippen LogP contribution in [0.1, 0.15) is 45.5 Å². The molecule has 0 bridgehead atoms. The molecule has 2 amide bonds. The first-order valence-corrected chi connectivity index (χ1v) is 9.07. The number of likely N-dealkylation sites (tertiary alicyclic amines) is 1. The van der Waals surface area contributed by atoms with Gasteiger partial charge in [0.1, 0.15) is 12.4 Å². The lowest BCUT2D eigenvalue weighted by Gasteiger charge is -2.25. The van der Waals surface area contributed by atoms with Gasteiger partial charge in [-0.05, 0) is 38.8 Å². The summed E-state index contributed by atoms with van der Waals surface area (Å²) in [5.41, 5.74) is 1.83. The van der Waals surface area contributed by atoms with E-state index in [1.54, 1.807) is 6.92 Å². The van der Waals surface area contributed by atoms with Crippen LogP contribution in [0.5, 0.6) is 0 Å². The number of benzene rings is 1. The molecule has 1 fully saturated rings. The molecule has 25 heavy (non-hydrogen) atoms. The summed E-state index contributed by atoms with van der Waals surface area (Å²) < 4.78 is 2.00. The van der Waals surface area contributed by atoms with Gasteiger partial charge < -0.3 is 14.4 Å². The van der Waals surface area contributed by atoms with Gasteiger partial charge in [0.25, 0.3) is 0 Å². The predicted octanol–water partition coefficient (Wildman–Crippen LogP) is 2.59. The molecule has 1 saturated heterocycles. The van der Waals surface area contributed by atoms with Gasteiger partial charge in [0, 0.05) is 26.6 Å². The van der Waals surface area contributed by atoms with Gasteiger partial charge in [0.15, 0.2) is 0 Å². The number of amides is 2. The third kappa shape index (κ3) is 3.25. The van der Waals surface area contributed by atoms with E-state index in [2.05, 4.69) is 0 Å². The molecular weight excluding hydrogens is 316 g/mol. The summed E-state index contributed by atoms with van der Waals surface area (Å²) in [6.45, 7) is 7.99. The molecule has 2 aromatic rings. The van der Waals surface area contributed by atoms with Crippen LogP contribution in [0.15, 0.2) is 24.3 Å². The smallest absolute Gasteiger partial charge is 0.242 e. The molecule has 0 spiro atoms. The Labute approximate surface area is 148 Å². The number of likely N-dealkylation sites (N-methyl/N-ethyl adjacent to an activating group) is 1. The lowest BCUT2D eigenvalue weighted by atomic mass is 10.2. The van der Waals surface area contributed by atoms with Crippen LogP contribution in [0.25, 0.3) is 11.0 Å². The summed E-state index contributed by atoms with van der Waals surface area (Å²) in [5.74, 6) is 0.979. The maximum absolute atomic E-state index is 12.7. The van der Waals surface area contributed by atoms with E-state index >= 15 is 0 Å². The van der Waals surface area contributed by atoms with Crippen LogP contribution in [-0.2, 0) is 16.1 Å². The average molecular weight is 342 g/mol. The maximum Gasteiger partial charge on any atom is 0.242 e. The Morgan fingerprint density at radius 1 is 1.24 bits per heavy atom. The van der Waals surface area contributed by atoms with Gasteiger partial charge in [0.05, 0.1) is 17.1 Å². The molecule has 1 aliphatic rings. The Bertz CT molecular complexity index is 779. The highest BCUT2D eigenvalue weighted by molar-refractivity contribution is 5.81. The van der Waals surface area contributed by atoms with E-state index in [4.69, 9.17) is 4.98 Å². The highest BCUT2D eigenvalue weighted by atomic mass is 16.2. The minimum absolute atomic E-state index is 0.0468. The molecule has 3 rings (SSSR count). The van der Waals surface area contributed by atoms with Crippen LogP contribution in [0, 0.1) is 0 Å². The predicted molar refractivity (Wildman–Crippen MR) is 97.0 cm³/mol. The van der Waals surface area contributed by atoms with E-state index in [1.807, 2.05) is 52.5 Å². The van der Waals surface area contributed by atoms with Gasteiger partial charge >= 0.3 is 0 Å². The van der Waals surface area contributed by atoms with Crippen molar-refractivity contribution in [1.82, 2.24) is 19.4 Å². The summed E-state index contributed by atoms with van der Waals surface area (Å²) in [6.07, 6.45) is 1.86. The lowest BCUT2D eigenvalue weighted by Crippen LogP contribution is -2.35. The Morgan fingerprint density at radius 2 is 1.96 bits per heavy atom. The fraction of sp³-hybridized carbons (Fsp3) is 0.526. The van der Waals surface area contributed by atoms with E-state index in [-0.39, 0.29) is 24.4 Å². The minimum atomic E-state index is -0.0468. The monoisotopic (exact) mass is 342 g/mol. The largest absolute Gasteiger partial charge is 0.342 e. The lowest BCUT2D eigenvalue weighted by molar-refractivity contribution is -0.131. The van der Waals surface area contributed by atoms with Gasteiger partial charge in [-0.3, -0.25) is 9.59 Å². The van der Waals surface area contributed by atoms with Crippen molar-refractivity contribution >= 4 is 22.8 Å². The third-order valence-electron chi connectivity index (χ3n) is 5.05. The number of hydrogen-bond donors (Lipinski definition) is 0. The topological polar surface area (TPSA) is 58.4 Å². The van der Waals surface area contributed by atoms with Gasteiger partial charge in [-0.25, -0.2) is 4.98 Å². The van der Waals surface area contributed by atoms with E-state index in [9.17, 15) is 9.59 Å². The first kappa shape index (κ1) is 17.5. The number of fused-ring (bicyclic) bond motifs is 1. The number of hydrogen-bond acceptors (Lipinski definition) is 3. The van der Waals surface area contributed by atoms with E-state index < -0.39 is 0 Å². The molecule has 1 aromatic carbocycles. The second-order valence-electron chi connectivity index (χ2n) is 6.48. The van der Waals surface area contributed by atoms with Crippen LogP contribution in [0.2, 0.25) is 0 Å². The summed E-state index contributed by atoms with van der Waals surface area (Å²) in [4.78, 5) is 33.2. The summed E-state index contributed by atoms with van der Waals surface area (Å²) >= 11 is 0. The molecule has 0 unspecified atom stereocenters. The van der Waals surface area contributed by atoms with Crippen molar-refractivity contribution in [2.75, 3.05) is 19.6 Å². The van der Waals surface area contributed by atoms with Crippen molar-refractivity contribution in [3.8, 4) is 0 Å². The second kappa shape index (κ2) is 7.25. The Hall–Kier alpha value is -2.37. The molecule has 0 radical (unpaired) electrons. The Kier molecular flexibility index (Phi) is 5.06. The molecule has 1 aromatic heterocycles. The van der Waals surface area contributed by atoms with E-state index in [0.29, 0.717) is 13.1 Å². The third-order valence-corrected chi connectivity index (χ3v) is 5.05. The van der Waals surface area contributed by atoms with Gasteiger partial charge in [-0.2, -0.15) is 0 Å². The first-order valence-electron chi connectivity index (χ1n) is 9.07. The van der Waals surface area contributed by atoms with Crippen molar-refractivity contribution in [3.63, 3.8) is 0 Å².